The van der Waals surface area contributed by atoms with Crippen LogP contribution in [-0.4, -0.2) is 88.9 Å². The third kappa shape index (κ3) is 7.02. The van der Waals surface area contributed by atoms with Crippen molar-refractivity contribution in [1.29, 1.82) is 5.26 Å². The fourth-order valence-corrected chi connectivity index (χ4v) is 5.90. The molecule has 0 aliphatic carbocycles. The normalized spacial score (nSPS) is 16.2. The van der Waals surface area contributed by atoms with E-state index in [1.807, 2.05) is 55.1 Å². The highest BCUT2D eigenvalue weighted by atomic mass is 35.5. The molecule has 236 valence electrons. The van der Waals surface area contributed by atoms with E-state index in [2.05, 4.69) is 16.0 Å². The number of fused-ring (bicyclic) bond motifs is 2. The van der Waals surface area contributed by atoms with E-state index >= 15 is 4.39 Å². The summed E-state index contributed by atoms with van der Waals surface area (Å²) in [5.74, 6) is -0.220. The lowest BCUT2D eigenvalue weighted by molar-refractivity contribution is 0.0145. The Labute approximate surface area is 267 Å². The maximum atomic E-state index is 16.6. The number of hydrogen-bond acceptors (Lipinski definition) is 9. The topological polar surface area (TPSA) is 108 Å². The van der Waals surface area contributed by atoms with Gasteiger partial charge in [0.1, 0.15) is 28.7 Å². The molecule has 2 aromatic heterocycles. The Bertz CT molecular complexity index is 1770. The predicted molar refractivity (Wildman–Crippen MR) is 173 cm³/mol. The number of hydrogen-bond donors (Lipinski definition) is 0. The smallest absolute Gasteiger partial charge is 0.410 e. The van der Waals surface area contributed by atoms with E-state index in [4.69, 9.17) is 26.1 Å². The standard InChI is InChI=1S/C33H37ClFN7O3/c1-20(18-40(5)6)44-31-38-29-24(17-37-28(27(29)35)23-11-7-9-21-10-8-12-25(34)26(21)23)30(39-31)41-15-16-42(22(19-41)13-14-36)32(43)45-33(2,3)4/h7-12,17,20,22H,13,15-16,18-19H2,1-6H3/t20-,22+/m1/s1. The number of pyridine rings is 1. The van der Waals surface area contributed by atoms with Crippen LogP contribution in [0.5, 0.6) is 6.01 Å². The molecule has 1 aliphatic heterocycles. The van der Waals surface area contributed by atoms with Gasteiger partial charge in [0.25, 0.3) is 0 Å². The molecule has 0 bridgehead atoms. The number of nitrogens with zero attached hydrogens (tertiary/aromatic N) is 7. The first-order valence-corrected chi connectivity index (χ1v) is 15.2. The minimum Gasteiger partial charge on any atom is -0.459 e. The highest BCUT2D eigenvalue weighted by Gasteiger charge is 2.35. The van der Waals surface area contributed by atoms with Gasteiger partial charge in [-0.1, -0.05) is 41.9 Å². The third-order valence-electron chi connectivity index (χ3n) is 7.42. The van der Waals surface area contributed by atoms with Gasteiger partial charge >= 0.3 is 12.1 Å². The van der Waals surface area contributed by atoms with Crippen molar-refractivity contribution < 1.29 is 18.7 Å². The van der Waals surface area contributed by atoms with Crippen molar-refractivity contribution in [2.75, 3.05) is 45.2 Å². The number of aromatic nitrogens is 3. The van der Waals surface area contributed by atoms with Gasteiger partial charge < -0.3 is 24.2 Å². The number of benzene rings is 2. The van der Waals surface area contributed by atoms with Gasteiger partial charge in [0, 0.05) is 48.3 Å². The number of amides is 1. The fourth-order valence-electron chi connectivity index (χ4n) is 5.62. The summed E-state index contributed by atoms with van der Waals surface area (Å²) in [7, 11) is 3.86. The van der Waals surface area contributed by atoms with Crippen LogP contribution >= 0.6 is 11.6 Å². The monoisotopic (exact) mass is 633 g/mol. The number of halogens is 2. The lowest BCUT2D eigenvalue weighted by Crippen LogP contribution is -2.56. The van der Waals surface area contributed by atoms with Gasteiger partial charge in [0.15, 0.2) is 5.82 Å². The first-order valence-electron chi connectivity index (χ1n) is 14.8. The summed E-state index contributed by atoms with van der Waals surface area (Å²) >= 11 is 6.58. The third-order valence-corrected chi connectivity index (χ3v) is 7.73. The molecule has 1 saturated heterocycles. The highest BCUT2D eigenvalue weighted by molar-refractivity contribution is 6.36. The summed E-state index contributed by atoms with van der Waals surface area (Å²) in [6.07, 6.45) is 0.871. The zero-order valence-electron chi connectivity index (χ0n) is 26.3. The van der Waals surface area contributed by atoms with E-state index < -0.39 is 23.6 Å². The maximum absolute atomic E-state index is 16.6. The lowest BCUT2D eigenvalue weighted by atomic mass is 10.0. The second kappa shape index (κ2) is 13.0. The Kier molecular flexibility index (Phi) is 9.28. The molecule has 5 rings (SSSR count). The second-order valence-corrected chi connectivity index (χ2v) is 12.9. The molecule has 0 N–H and O–H groups in total. The Hall–Kier alpha value is -4.27. The van der Waals surface area contributed by atoms with Crippen molar-refractivity contribution in [2.45, 2.75) is 51.9 Å². The first-order chi connectivity index (χ1) is 21.4. The van der Waals surface area contributed by atoms with Crippen LogP contribution in [0.4, 0.5) is 15.0 Å². The molecule has 45 heavy (non-hydrogen) atoms. The lowest BCUT2D eigenvalue weighted by Gasteiger charge is -2.41. The molecular formula is C33H37ClFN7O3. The molecule has 4 aromatic rings. The molecule has 2 atom stereocenters. The van der Waals surface area contributed by atoms with Gasteiger partial charge in [-0.05, 0) is 53.2 Å². The number of carbonyl (C=O) groups is 1. The Balaban J connectivity index is 1.61. The largest absolute Gasteiger partial charge is 0.459 e. The average Bonchev–Trinajstić information content (AvgIpc) is 2.96. The molecule has 0 spiro atoms. The maximum Gasteiger partial charge on any atom is 0.410 e. The van der Waals surface area contributed by atoms with E-state index in [0.717, 1.165) is 5.39 Å². The van der Waals surface area contributed by atoms with Crippen LogP contribution in [0.3, 0.4) is 0 Å². The number of piperazine rings is 1. The van der Waals surface area contributed by atoms with E-state index in [9.17, 15) is 10.1 Å². The molecule has 3 heterocycles. The molecule has 0 saturated carbocycles. The summed E-state index contributed by atoms with van der Waals surface area (Å²) in [5.41, 5.74) is 0.0165. The minimum absolute atomic E-state index is 0.0188. The van der Waals surface area contributed by atoms with Crippen molar-refractivity contribution in [3.63, 3.8) is 0 Å². The quantitative estimate of drug-likeness (QED) is 0.231. The van der Waals surface area contributed by atoms with Crippen LogP contribution in [0.1, 0.15) is 34.1 Å². The fraction of sp³-hybridized carbons (Fsp3) is 0.424. The number of anilines is 1. The summed E-state index contributed by atoms with van der Waals surface area (Å²) in [6.45, 7) is 8.80. The van der Waals surface area contributed by atoms with Crippen molar-refractivity contribution in [2.24, 2.45) is 0 Å². The predicted octanol–water partition coefficient (Wildman–Crippen LogP) is 6.31. The molecule has 0 unspecified atom stereocenters. The summed E-state index contributed by atoms with van der Waals surface area (Å²) in [4.78, 5) is 32.3. The summed E-state index contributed by atoms with van der Waals surface area (Å²) in [6, 6.07) is 12.8. The highest BCUT2D eigenvalue weighted by Crippen LogP contribution is 2.37. The van der Waals surface area contributed by atoms with Gasteiger partial charge in [-0.2, -0.15) is 15.2 Å². The SMILES string of the molecule is C[C@H](CN(C)C)Oc1nc(N2CCN(C(=O)OC(C)(C)C)[C@@H](CC#N)C2)c2cnc(-c3cccc4cccc(Cl)c34)c(F)c2n1. The van der Waals surface area contributed by atoms with E-state index in [1.54, 1.807) is 44.0 Å². The molecule has 0 radical (unpaired) electrons. The van der Waals surface area contributed by atoms with Crippen molar-refractivity contribution in [3.8, 4) is 23.3 Å². The Morgan fingerprint density at radius 3 is 2.62 bits per heavy atom. The van der Waals surface area contributed by atoms with Crippen LogP contribution in [0, 0.1) is 17.1 Å². The number of rotatable bonds is 7. The van der Waals surface area contributed by atoms with E-state index in [0.29, 0.717) is 40.3 Å². The Morgan fingerprint density at radius 2 is 1.93 bits per heavy atom. The molecular weight excluding hydrogens is 597 g/mol. The van der Waals surface area contributed by atoms with Crippen molar-refractivity contribution >= 4 is 45.2 Å². The summed E-state index contributed by atoms with van der Waals surface area (Å²) in [5, 5.41) is 12.0. The first kappa shape index (κ1) is 32.1. The van der Waals surface area contributed by atoms with Gasteiger partial charge in [-0.25, -0.2) is 9.18 Å². The van der Waals surface area contributed by atoms with Crippen LogP contribution in [0.25, 0.3) is 32.9 Å². The molecule has 1 aliphatic rings. The van der Waals surface area contributed by atoms with Crippen LogP contribution in [0.15, 0.2) is 42.6 Å². The Morgan fingerprint density at radius 1 is 1.20 bits per heavy atom. The molecule has 10 nitrogen and oxygen atoms in total. The molecule has 12 heteroatoms. The minimum atomic E-state index is -0.682. The zero-order chi connectivity index (χ0) is 32.5. The number of nitriles is 1. The average molecular weight is 634 g/mol. The second-order valence-electron chi connectivity index (χ2n) is 12.5. The van der Waals surface area contributed by atoms with Crippen LogP contribution in [0.2, 0.25) is 5.02 Å². The van der Waals surface area contributed by atoms with Gasteiger partial charge in [-0.3, -0.25) is 4.98 Å². The van der Waals surface area contributed by atoms with Gasteiger partial charge in [0.05, 0.1) is 23.9 Å². The summed E-state index contributed by atoms with van der Waals surface area (Å²) < 4.78 is 28.3. The van der Waals surface area contributed by atoms with Crippen molar-refractivity contribution in [3.05, 3.63) is 53.4 Å². The van der Waals surface area contributed by atoms with Crippen LogP contribution < -0.4 is 9.64 Å². The number of likely N-dealkylation sites (N-methyl/N-ethyl adjacent to an activating group) is 1. The van der Waals surface area contributed by atoms with Crippen molar-refractivity contribution in [1.82, 2.24) is 24.8 Å². The van der Waals surface area contributed by atoms with Gasteiger partial charge in [0.2, 0.25) is 0 Å². The molecule has 1 fully saturated rings. The van der Waals surface area contributed by atoms with Crippen LogP contribution in [-0.2, 0) is 4.74 Å². The van der Waals surface area contributed by atoms with Gasteiger partial charge in [-0.15, -0.1) is 0 Å². The molecule has 2 aromatic carbocycles. The molecule has 1 amide bonds. The van der Waals surface area contributed by atoms with E-state index in [-0.39, 0.29) is 42.8 Å². The van der Waals surface area contributed by atoms with E-state index in [1.165, 1.54) is 0 Å². The zero-order valence-corrected chi connectivity index (χ0v) is 27.1. The number of ether oxygens (including phenoxy) is 2. The number of carbonyl (C=O) groups excluding carboxylic acids is 1.